The number of aromatic nitrogens is 1. The molecule has 0 saturated carbocycles. The van der Waals surface area contributed by atoms with Crippen molar-refractivity contribution in [3.63, 3.8) is 0 Å². The van der Waals surface area contributed by atoms with Crippen molar-refractivity contribution in [2.24, 2.45) is 10.3 Å². The lowest BCUT2D eigenvalue weighted by atomic mass is 9.98. The van der Waals surface area contributed by atoms with Gasteiger partial charge in [-0.25, -0.2) is 4.68 Å². The van der Waals surface area contributed by atoms with Crippen LogP contribution in [-0.2, 0) is 0 Å². The Bertz CT molecular complexity index is 1390. The summed E-state index contributed by atoms with van der Waals surface area (Å²) < 4.78 is 7.44. The van der Waals surface area contributed by atoms with Crippen LogP contribution in [0.2, 0.25) is 5.02 Å². The molecule has 4 aromatic carbocycles. The van der Waals surface area contributed by atoms with E-state index >= 15 is 0 Å². The number of fused-ring (bicyclic) bond motifs is 1. The second-order valence-corrected chi connectivity index (χ2v) is 7.75. The van der Waals surface area contributed by atoms with E-state index in [1.807, 2.05) is 77.5 Å². The van der Waals surface area contributed by atoms with Gasteiger partial charge in [-0.05, 0) is 48.0 Å². The van der Waals surface area contributed by atoms with Gasteiger partial charge >= 0.3 is 0 Å². The van der Waals surface area contributed by atoms with Crippen molar-refractivity contribution in [3.05, 3.63) is 108 Å². The standard InChI is InChI=1S/C27H20ClN3O/c1-32-23-16-17-25-24(18-23)26(19-8-4-2-5-9-19)27(20-10-6-3-7-11-20)31(25)30-29-22-14-12-21(28)13-15-22/h2-18H,1H3. The number of hydrogen-bond acceptors (Lipinski definition) is 3. The summed E-state index contributed by atoms with van der Waals surface area (Å²) in [6, 6.07) is 33.9. The van der Waals surface area contributed by atoms with Gasteiger partial charge in [0.1, 0.15) is 5.75 Å². The molecule has 4 nitrogen and oxygen atoms in total. The number of benzene rings is 4. The predicted molar refractivity (Wildman–Crippen MR) is 131 cm³/mol. The van der Waals surface area contributed by atoms with Gasteiger partial charge in [-0.1, -0.05) is 77.5 Å². The van der Waals surface area contributed by atoms with Crippen molar-refractivity contribution in [1.82, 2.24) is 4.68 Å². The van der Waals surface area contributed by atoms with Crippen LogP contribution in [0.25, 0.3) is 33.3 Å². The normalized spacial score (nSPS) is 11.3. The van der Waals surface area contributed by atoms with E-state index in [-0.39, 0.29) is 0 Å². The van der Waals surface area contributed by atoms with Crippen molar-refractivity contribution < 1.29 is 4.74 Å². The van der Waals surface area contributed by atoms with Crippen LogP contribution in [0.5, 0.6) is 5.75 Å². The van der Waals surface area contributed by atoms with E-state index in [0.717, 1.165) is 44.7 Å². The minimum Gasteiger partial charge on any atom is -0.497 e. The molecule has 5 aromatic rings. The molecule has 1 heterocycles. The van der Waals surface area contributed by atoms with Gasteiger partial charge in [-0.2, -0.15) is 0 Å². The van der Waals surface area contributed by atoms with Crippen LogP contribution in [0.3, 0.4) is 0 Å². The van der Waals surface area contributed by atoms with E-state index in [4.69, 9.17) is 16.3 Å². The van der Waals surface area contributed by atoms with E-state index in [0.29, 0.717) is 5.02 Å². The molecular weight excluding hydrogens is 418 g/mol. The van der Waals surface area contributed by atoms with Gasteiger partial charge in [0.05, 0.1) is 24.0 Å². The van der Waals surface area contributed by atoms with Gasteiger partial charge in [0.25, 0.3) is 0 Å². The quantitative estimate of drug-likeness (QED) is 0.255. The van der Waals surface area contributed by atoms with E-state index < -0.39 is 0 Å². The Morgan fingerprint density at radius 1 is 0.750 bits per heavy atom. The van der Waals surface area contributed by atoms with E-state index in [2.05, 4.69) is 40.7 Å². The fourth-order valence-corrected chi connectivity index (χ4v) is 3.96. The third kappa shape index (κ3) is 3.77. The van der Waals surface area contributed by atoms with Crippen LogP contribution in [0.15, 0.2) is 113 Å². The van der Waals surface area contributed by atoms with Crippen LogP contribution in [0.1, 0.15) is 0 Å². The van der Waals surface area contributed by atoms with Crippen molar-refractivity contribution in [2.45, 2.75) is 0 Å². The molecule has 1 aromatic heterocycles. The third-order valence-corrected chi connectivity index (χ3v) is 5.59. The number of ether oxygens (including phenoxy) is 1. The molecule has 0 aliphatic rings. The highest BCUT2D eigenvalue weighted by atomic mass is 35.5. The summed E-state index contributed by atoms with van der Waals surface area (Å²) in [4.78, 5) is 0. The molecule has 0 N–H and O–H groups in total. The maximum atomic E-state index is 6.02. The number of halogens is 1. The van der Waals surface area contributed by atoms with Gasteiger partial charge in [0.15, 0.2) is 0 Å². The fourth-order valence-electron chi connectivity index (χ4n) is 3.84. The van der Waals surface area contributed by atoms with Gasteiger partial charge in [-0.3, -0.25) is 0 Å². The summed E-state index contributed by atoms with van der Waals surface area (Å²) in [7, 11) is 1.68. The zero-order valence-corrected chi connectivity index (χ0v) is 18.2. The van der Waals surface area contributed by atoms with Gasteiger partial charge in [-0.15, -0.1) is 5.11 Å². The highest BCUT2D eigenvalue weighted by molar-refractivity contribution is 6.30. The average molecular weight is 438 g/mol. The number of nitrogens with zero attached hydrogens (tertiary/aromatic N) is 3. The lowest BCUT2D eigenvalue weighted by molar-refractivity contribution is 0.415. The van der Waals surface area contributed by atoms with E-state index in [9.17, 15) is 0 Å². The topological polar surface area (TPSA) is 38.9 Å². The molecule has 32 heavy (non-hydrogen) atoms. The molecule has 156 valence electrons. The highest BCUT2D eigenvalue weighted by Crippen LogP contribution is 2.42. The van der Waals surface area contributed by atoms with Gasteiger partial charge in [0, 0.05) is 21.5 Å². The molecule has 0 unspecified atom stereocenters. The Hall–Kier alpha value is -3.89. The molecule has 0 bridgehead atoms. The average Bonchev–Trinajstić information content (AvgIpc) is 3.18. The van der Waals surface area contributed by atoms with Crippen LogP contribution >= 0.6 is 11.6 Å². The Kier molecular flexibility index (Phi) is 5.44. The molecule has 0 spiro atoms. The predicted octanol–water partition coefficient (Wildman–Crippen LogP) is 8.18. The first-order valence-corrected chi connectivity index (χ1v) is 10.6. The third-order valence-electron chi connectivity index (χ3n) is 5.34. The molecule has 0 saturated heterocycles. The van der Waals surface area contributed by atoms with Crippen LogP contribution in [-0.4, -0.2) is 11.8 Å². The first-order chi connectivity index (χ1) is 15.7. The first-order valence-electron chi connectivity index (χ1n) is 10.3. The SMILES string of the molecule is COc1ccc2c(c1)c(-c1ccccc1)c(-c1ccccc1)n2N=Nc1ccc(Cl)cc1. The lowest BCUT2D eigenvalue weighted by Crippen LogP contribution is -1.92. The Morgan fingerprint density at radius 3 is 2.06 bits per heavy atom. The van der Waals surface area contributed by atoms with Crippen LogP contribution in [0, 0.1) is 0 Å². The smallest absolute Gasteiger partial charge is 0.119 e. The Labute approximate surface area is 191 Å². The zero-order valence-electron chi connectivity index (χ0n) is 17.4. The largest absolute Gasteiger partial charge is 0.497 e. The molecular formula is C27H20ClN3O. The van der Waals surface area contributed by atoms with Crippen molar-refractivity contribution in [1.29, 1.82) is 0 Å². The number of methoxy groups -OCH3 is 1. The highest BCUT2D eigenvalue weighted by Gasteiger charge is 2.21. The van der Waals surface area contributed by atoms with Crippen molar-refractivity contribution >= 4 is 28.2 Å². The Balaban J connectivity index is 1.83. The summed E-state index contributed by atoms with van der Waals surface area (Å²) in [5.74, 6) is 0.793. The summed E-state index contributed by atoms with van der Waals surface area (Å²) >= 11 is 6.02. The molecule has 0 aliphatic carbocycles. The molecule has 0 radical (unpaired) electrons. The maximum Gasteiger partial charge on any atom is 0.119 e. The summed E-state index contributed by atoms with van der Waals surface area (Å²) in [5.41, 5.74) is 5.88. The molecule has 5 heteroatoms. The van der Waals surface area contributed by atoms with Gasteiger partial charge < -0.3 is 4.74 Å². The van der Waals surface area contributed by atoms with Crippen LogP contribution < -0.4 is 4.74 Å². The summed E-state index contributed by atoms with van der Waals surface area (Å²) in [5, 5.41) is 10.9. The monoisotopic (exact) mass is 437 g/mol. The Morgan fingerprint density at radius 2 is 1.41 bits per heavy atom. The van der Waals surface area contributed by atoms with Crippen molar-refractivity contribution in [2.75, 3.05) is 7.11 Å². The van der Waals surface area contributed by atoms with E-state index in [1.54, 1.807) is 7.11 Å². The summed E-state index contributed by atoms with van der Waals surface area (Å²) in [6.07, 6.45) is 0. The fraction of sp³-hybridized carbons (Fsp3) is 0.0370. The molecule has 0 amide bonds. The first kappa shape index (κ1) is 20.0. The second kappa shape index (κ2) is 8.69. The molecule has 0 aliphatic heterocycles. The second-order valence-electron chi connectivity index (χ2n) is 7.32. The van der Waals surface area contributed by atoms with Crippen LogP contribution in [0.4, 0.5) is 5.69 Å². The lowest BCUT2D eigenvalue weighted by Gasteiger charge is -2.08. The molecule has 5 rings (SSSR count). The van der Waals surface area contributed by atoms with Crippen molar-refractivity contribution in [3.8, 4) is 28.1 Å². The number of rotatable bonds is 5. The zero-order chi connectivity index (χ0) is 21.9. The minimum atomic E-state index is 0.666. The summed E-state index contributed by atoms with van der Waals surface area (Å²) in [6.45, 7) is 0. The maximum absolute atomic E-state index is 6.02. The number of hydrogen-bond donors (Lipinski definition) is 0. The minimum absolute atomic E-state index is 0.666. The molecule has 0 atom stereocenters. The van der Waals surface area contributed by atoms with E-state index in [1.165, 1.54) is 0 Å². The van der Waals surface area contributed by atoms with Gasteiger partial charge in [0.2, 0.25) is 0 Å². The molecule has 0 fully saturated rings.